The summed E-state index contributed by atoms with van der Waals surface area (Å²) in [4.78, 5) is 0. The van der Waals surface area contributed by atoms with E-state index in [1.54, 1.807) is 7.11 Å². The predicted molar refractivity (Wildman–Crippen MR) is 76.2 cm³/mol. The third-order valence-corrected chi connectivity index (χ3v) is 3.02. The molecule has 1 aromatic heterocycles. The van der Waals surface area contributed by atoms with Gasteiger partial charge in [0.15, 0.2) is 0 Å². The molecule has 5 nitrogen and oxygen atoms in total. The van der Waals surface area contributed by atoms with Crippen molar-refractivity contribution in [1.29, 1.82) is 0 Å². The van der Waals surface area contributed by atoms with Gasteiger partial charge in [-0.1, -0.05) is 6.92 Å². The Labute approximate surface area is 116 Å². The third-order valence-electron chi connectivity index (χ3n) is 3.02. The first-order valence-corrected chi connectivity index (χ1v) is 7.07. The maximum atomic E-state index is 5.41. The Morgan fingerprint density at radius 1 is 1.26 bits per heavy atom. The molecule has 1 aromatic rings. The normalized spacial score (nSPS) is 11.1. The second kappa shape index (κ2) is 9.95. The van der Waals surface area contributed by atoms with Crippen molar-refractivity contribution in [3.8, 4) is 0 Å². The molecule has 1 rings (SSSR count). The number of nitrogens with zero attached hydrogens (tertiary/aromatic N) is 2. The summed E-state index contributed by atoms with van der Waals surface area (Å²) in [6, 6.07) is 2.17. The van der Waals surface area contributed by atoms with Gasteiger partial charge in [-0.15, -0.1) is 0 Å². The van der Waals surface area contributed by atoms with Gasteiger partial charge in [-0.05, 0) is 31.9 Å². The summed E-state index contributed by atoms with van der Waals surface area (Å²) >= 11 is 0. The van der Waals surface area contributed by atoms with Gasteiger partial charge in [-0.3, -0.25) is 4.68 Å². The molecule has 0 atom stereocenters. The van der Waals surface area contributed by atoms with Crippen molar-refractivity contribution in [2.24, 2.45) is 7.05 Å². The fraction of sp³-hybridized carbons (Fsp3) is 0.786. The Kier molecular flexibility index (Phi) is 8.45. The van der Waals surface area contributed by atoms with Crippen LogP contribution in [0.3, 0.4) is 0 Å². The van der Waals surface area contributed by atoms with E-state index < -0.39 is 0 Å². The van der Waals surface area contributed by atoms with E-state index in [0.717, 1.165) is 44.7 Å². The number of rotatable bonds is 11. The fourth-order valence-electron chi connectivity index (χ4n) is 1.82. The number of hydrogen-bond donors (Lipinski definition) is 1. The summed E-state index contributed by atoms with van der Waals surface area (Å²) < 4.78 is 12.3. The van der Waals surface area contributed by atoms with Gasteiger partial charge in [0.2, 0.25) is 0 Å². The van der Waals surface area contributed by atoms with Crippen molar-refractivity contribution in [2.75, 3.05) is 33.5 Å². The average Bonchev–Trinajstić information content (AvgIpc) is 2.78. The fourth-order valence-corrected chi connectivity index (χ4v) is 1.82. The van der Waals surface area contributed by atoms with Crippen molar-refractivity contribution in [2.45, 2.75) is 32.7 Å². The van der Waals surface area contributed by atoms with Crippen LogP contribution >= 0.6 is 0 Å². The summed E-state index contributed by atoms with van der Waals surface area (Å²) in [5, 5.41) is 7.87. The zero-order valence-corrected chi connectivity index (χ0v) is 12.4. The number of nitrogens with one attached hydrogen (secondary N) is 1. The maximum absolute atomic E-state index is 5.41. The molecular formula is C14H27N3O2. The van der Waals surface area contributed by atoms with Crippen LogP contribution < -0.4 is 5.32 Å². The zero-order valence-electron chi connectivity index (χ0n) is 12.4. The molecule has 0 radical (unpaired) electrons. The Bertz CT molecular complexity index is 339. The first-order valence-electron chi connectivity index (χ1n) is 7.07. The molecule has 0 aromatic carbocycles. The molecular weight excluding hydrogens is 242 g/mol. The highest BCUT2D eigenvalue weighted by atomic mass is 16.5. The highest BCUT2D eigenvalue weighted by molar-refractivity contribution is 5.09. The highest BCUT2D eigenvalue weighted by Gasteiger charge is 2.02. The Hall–Kier alpha value is -0.910. The number of unbranched alkanes of at least 4 members (excludes halogenated alkanes) is 1. The van der Waals surface area contributed by atoms with Crippen LogP contribution in [0.5, 0.6) is 0 Å². The lowest BCUT2D eigenvalue weighted by atomic mass is 10.3. The van der Waals surface area contributed by atoms with Gasteiger partial charge in [-0.2, -0.15) is 5.10 Å². The largest absolute Gasteiger partial charge is 0.382 e. The van der Waals surface area contributed by atoms with Gasteiger partial charge in [0.05, 0.1) is 24.6 Å². The molecule has 0 spiro atoms. The van der Waals surface area contributed by atoms with Gasteiger partial charge in [0.25, 0.3) is 0 Å². The van der Waals surface area contributed by atoms with Crippen LogP contribution in [-0.2, 0) is 29.5 Å². The molecule has 110 valence electrons. The van der Waals surface area contributed by atoms with Crippen LogP contribution in [0.25, 0.3) is 0 Å². The molecule has 0 bridgehead atoms. The summed E-state index contributed by atoms with van der Waals surface area (Å²) in [5.74, 6) is 0. The molecule has 0 amide bonds. The van der Waals surface area contributed by atoms with E-state index in [4.69, 9.17) is 9.47 Å². The number of aromatic nitrogens is 2. The molecule has 0 aliphatic carbocycles. The highest BCUT2D eigenvalue weighted by Crippen LogP contribution is 2.03. The van der Waals surface area contributed by atoms with Crippen molar-refractivity contribution in [1.82, 2.24) is 15.1 Å². The minimum absolute atomic E-state index is 0.679. The van der Waals surface area contributed by atoms with Crippen LogP contribution in [0.2, 0.25) is 0 Å². The van der Waals surface area contributed by atoms with E-state index in [1.165, 1.54) is 5.69 Å². The van der Waals surface area contributed by atoms with Crippen LogP contribution in [0.1, 0.15) is 31.2 Å². The summed E-state index contributed by atoms with van der Waals surface area (Å²) in [5.41, 5.74) is 2.40. The van der Waals surface area contributed by atoms with E-state index in [0.29, 0.717) is 13.2 Å². The van der Waals surface area contributed by atoms with Crippen LogP contribution in [0, 0.1) is 0 Å². The van der Waals surface area contributed by atoms with E-state index in [-0.39, 0.29) is 0 Å². The van der Waals surface area contributed by atoms with E-state index in [1.807, 2.05) is 11.7 Å². The minimum atomic E-state index is 0.679. The second-order valence-corrected chi connectivity index (χ2v) is 4.59. The monoisotopic (exact) mass is 269 g/mol. The van der Waals surface area contributed by atoms with E-state index in [9.17, 15) is 0 Å². The molecule has 0 saturated carbocycles. The summed E-state index contributed by atoms with van der Waals surface area (Å²) in [6.45, 7) is 6.21. The molecule has 0 aliphatic heterocycles. The standard InChI is InChI=1S/C14H27N3O2/c1-4-13-11-14(17(2)16-13)12-15-7-5-6-8-19-10-9-18-3/h11,15H,4-10,12H2,1-3H3. The molecule has 1 N–H and O–H groups in total. The SMILES string of the molecule is CCc1cc(CNCCCCOCCOC)n(C)n1. The quantitative estimate of drug-likeness (QED) is 0.619. The van der Waals surface area contributed by atoms with Gasteiger partial charge in [-0.25, -0.2) is 0 Å². The third kappa shape index (κ3) is 6.71. The lowest BCUT2D eigenvalue weighted by Crippen LogP contribution is -2.17. The Balaban J connectivity index is 2.00. The minimum Gasteiger partial charge on any atom is -0.382 e. The lowest BCUT2D eigenvalue weighted by Gasteiger charge is -2.06. The zero-order chi connectivity index (χ0) is 13.9. The van der Waals surface area contributed by atoms with E-state index in [2.05, 4.69) is 23.4 Å². The molecule has 0 fully saturated rings. The van der Waals surface area contributed by atoms with Crippen molar-refractivity contribution < 1.29 is 9.47 Å². The molecule has 1 heterocycles. The van der Waals surface area contributed by atoms with Crippen molar-refractivity contribution in [3.63, 3.8) is 0 Å². The average molecular weight is 269 g/mol. The Morgan fingerprint density at radius 2 is 2.11 bits per heavy atom. The van der Waals surface area contributed by atoms with Crippen LogP contribution in [0.15, 0.2) is 6.07 Å². The molecule has 0 saturated heterocycles. The van der Waals surface area contributed by atoms with Gasteiger partial charge in [0.1, 0.15) is 0 Å². The maximum Gasteiger partial charge on any atom is 0.0700 e. The van der Waals surface area contributed by atoms with Crippen LogP contribution in [-0.4, -0.2) is 43.3 Å². The molecule has 5 heteroatoms. The van der Waals surface area contributed by atoms with Gasteiger partial charge in [0, 0.05) is 27.3 Å². The Morgan fingerprint density at radius 3 is 2.79 bits per heavy atom. The van der Waals surface area contributed by atoms with Crippen molar-refractivity contribution in [3.05, 3.63) is 17.5 Å². The topological polar surface area (TPSA) is 48.3 Å². The van der Waals surface area contributed by atoms with Gasteiger partial charge < -0.3 is 14.8 Å². The second-order valence-electron chi connectivity index (χ2n) is 4.59. The molecule has 0 unspecified atom stereocenters. The van der Waals surface area contributed by atoms with Crippen LogP contribution in [0.4, 0.5) is 0 Å². The first kappa shape index (κ1) is 16.1. The smallest absolute Gasteiger partial charge is 0.0700 e. The number of hydrogen-bond acceptors (Lipinski definition) is 4. The number of aryl methyl sites for hydroxylation is 2. The number of ether oxygens (including phenoxy) is 2. The molecule has 19 heavy (non-hydrogen) atoms. The predicted octanol–water partition coefficient (Wildman–Crippen LogP) is 1.52. The summed E-state index contributed by atoms with van der Waals surface area (Å²) in [6.07, 6.45) is 3.21. The first-order chi connectivity index (χ1) is 9.27. The summed E-state index contributed by atoms with van der Waals surface area (Å²) in [7, 11) is 3.69. The lowest BCUT2D eigenvalue weighted by molar-refractivity contribution is 0.0688. The van der Waals surface area contributed by atoms with E-state index >= 15 is 0 Å². The van der Waals surface area contributed by atoms with Gasteiger partial charge >= 0.3 is 0 Å². The molecule has 0 aliphatic rings. The van der Waals surface area contributed by atoms with Crippen molar-refractivity contribution >= 4 is 0 Å². The number of methoxy groups -OCH3 is 1.